The van der Waals surface area contributed by atoms with E-state index in [1.54, 1.807) is 19.2 Å². The zero-order chi connectivity index (χ0) is 12.7. The minimum atomic E-state index is -0.150. The first-order valence-corrected chi connectivity index (χ1v) is 5.68. The molecule has 1 aromatic heterocycles. The molecule has 1 heterocycles. The summed E-state index contributed by atoms with van der Waals surface area (Å²) >= 11 is 0. The van der Waals surface area contributed by atoms with Gasteiger partial charge in [-0.15, -0.1) is 0 Å². The van der Waals surface area contributed by atoms with E-state index in [1.807, 2.05) is 13.8 Å². The Labute approximate surface area is 102 Å². The van der Waals surface area contributed by atoms with E-state index in [-0.39, 0.29) is 5.91 Å². The van der Waals surface area contributed by atoms with Crippen molar-refractivity contribution in [3.05, 3.63) is 23.4 Å². The summed E-state index contributed by atoms with van der Waals surface area (Å²) in [5.74, 6) is 6.33. The van der Waals surface area contributed by atoms with E-state index in [2.05, 4.69) is 27.5 Å². The molecule has 0 radical (unpaired) electrons. The number of aromatic nitrogens is 1. The molecule has 1 aromatic rings. The summed E-state index contributed by atoms with van der Waals surface area (Å²) in [5, 5.41) is 5.66. The van der Waals surface area contributed by atoms with E-state index in [0.717, 1.165) is 6.42 Å². The van der Waals surface area contributed by atoms with E-state index in [1.165, 1.54) is 0 Å². The molecule has 0 bridgehead atoms. The molecule has 0 fully saturated rings. The molecule has 0 atom stereocenters. The van der Waals surface area contributed by atoms with Gasteiger partial charge in [0.25, 0.3) is 5.91 Å². The average molecular weight is 231 g/mol. The molecule has 1 amide bonds. The van der Waals surface area contributed by atoms with E-state index < -0.39 is 0 Å². The number of hydrogen-bond donors (Lipinski definition) is 2. The highest BCUT2D eigenvalue weighted by Gasteiger charge is 2.10. The number of carbonyl (C=O) groups excluding carboxylic acids is 1. The van der Waals surface area contributed by atoms with Crippen LogP contribution in [0.1, 0.15) is 36.3 Å². The van der Waals surface area contributed by atoms with Crippen molar-refractivity contribution in [1.82, 2.24) is 10.3 Å². The van der Waals surface area contributed by atoms with Crippen LogP contribution < -0.4 is 10.6 Å². The fraction of sp³-hybridized carbons (Fsp3) is 0.385. The second-order valence-electron chi connectivity index (χ2n) is 3.36. The van der Waals surface area contributed by atoms with Crippen LogP contribution in [0.25, 0.3) is 0 Å². The molecular formula is C13H17N3O. The smallest absolute Gasteiger partial charge is 0.254 e. The largest absolute Gasteiger partial charge is 0.370 e. The molecule has 0 spiro atoms. The molecule has 0 aliphatic heterocycles. The summed E-state index contributed by atoms with van der Waals surface area (Å²) in [6.07, 6.45) is 0.787. The van der Waals surface area contributed by atoms with Gasteiger partial charge in [-0.2, -0.15) is 0 Å². The summed E-state index contributed by atoms with van der Waals surface area (Å²) in [6.45, 7) is 4.65. The number of hydrogen-bond acceptors (Lipinski definition) is 3. The lowest BCUT2D eigenvalue weighted by Crippen LogP contribution is -2.20. The molecular weight excluding hydrogens is 214 g/mol. The zero-order valence-corrected chi connectivity index (χ0v) is 10.4. The van der Waals surface area contributed by atoms with Crippen LogP contribution in [0.5, 0.6) is 0 Å². The molecule has 1 rings (SSSR count). The zero-order valence-electron chi connectivity index (χ0n) is 10.4. The van der Waals surface area contributed by atoms with Gasteiger partial charge in [0.2, 0.25) is 0 Å². The molecule has 0 saturated heterocycles. The number of nitrogens with zero attached hydrogens (tertiary/aromatic N) is 1. The third-order valence-electron chi connectivity index (χ3n) is 2.10. The van der Waals surface area contributed by atoms with Crippen molar-refractivity contribution < 1.29 is 4.79 Å². The van der Waals surface area contributed by atoms with Crippen molar-refractivity contribution in [2.75, 3.05) is 18.9 Å². The second-order valence-corrected chi connectivity index (χ2v) is 3.36. The Kier molecular flexibility index (Phi) is 5.02. The van der Waals surface area contributed by atoms with Crippen LogP contribution >= 0.6 is 0 Å². The highest BCUT2D eigenvalue weighted by molar-refractivity contribution is 5.98. The first kappa shape index (κ1) is 13.0. The summed E-state index contributed by atoms with van der Waals surface area (Å²) in [5.41, 5.74) is 1.21. The van der Waals surface area contributed by atoms with Crippen molar-refractivity contribution in [1.29, 1.82) is 0 Å². The quantitative estimate of drug-likeness (QED) is 0.777. The van der Waals surface area contributed by atoms with Crippen molar-refractivity contribution in [2.45, 2.75) is 20.3 Å². The van der Waals surface area contributed by atoms with Gasteiger partial charge in [0.15, 0.2) is 0 Å². The minimum Gasteiger partial charge on any atom is -0.370 e. The van der Waals surface area contributed by atoms with Crippen LogP contribution in [-0.4, -0.2) is 24.5 Å². The van der Waals surface area contributed by atoms with Crippen molar-refractivity contribution >= 4 is 11.7 Å². The van der Waals surface area contributed by atoms with Gasteiger partial charge in [-0.3, -0.25) is 4.79 Å². The summed E-state index contributed by atoms with van der Waals surface area (Å²) < 4.78 is 0. The van der Waals surface area contributed by atoms with Crippen LogP contribution in [0.15, 0.2) is 12.1 Å². The highest BCUT2D eigenvalue weighted by atomic mass is 16.1. The van der Waals surface area contributed by atoms with E-state index in [9.17, 15) is 4.79 Å². The number of pyridine rings is 1. The Morgan fingerprint density at radius 1 is 1.41 bits per heavy atom. The van der Waals surface area contributed by atoms with Crippen LogP contribution in [0.4, 0.5) is 5.82 Å². The van der Waals surface area contributed by atoms with Crippen LogP contribution in [0.3, 0.4) is 0 Å². The van der Waals surface area contributed by atoms with Gasteiger partial charge < -0.3 is 10.6 Å². The monoisotopic (exact) mass is 231 g/mol. The van der Waals surface area contributed by atoms with Crippen molar-refractivity contribution in [3.63, 3.8) is 0 Å². The Morgan fingerprint density at radius 2 is 2.18 bits per heavy atom. The number of rotatable bonds is 3. The fourth-order valence-corrected chi connectivity index (χ4v) is 1.33. The van der Waals surface area contributed by atoms with E-state index >= 15 is 0 Å². The van der Waals surface area contributed by atoms with Gasteiger partial charge >= 0.3 is 0 Å². The van der Waals surface area contributed by atoms with E-state index in [0.29, 0.717) is 23.6 Å². The predicted octanol–water partition coefficient (Wildman–Crippen LogP) is 1.63. The Morgan fingerprint density at radius 3 is 2.76 bits per heavy atom. The Bertz CT molecular complexity index is 457. The molecule has 90 valence electrons. The van der Waals surface area contributed by atoms with Crippen LogP contribution in [-0.2, 0) is 0 Å². The lowest BCUT2D eigenvalue weighted by molar-refractivity contribution is 0.0963. The van der Waals surface area contributed by atoms with Crippen molar-refractivity contribution in [3.8, 4) is 11.8 Å². The van der Waals surface area contributed by atoms with Gasteiger partial charge in [-0.25, -0.2) is 4.98 Å². The normalized spacial score (nSPS) is 9.12. The number of nitrogens with one attached hydrogen (secondary N) is 2. The minimum absolute atomic E-state index is 0.150. The summed E-state index contributed by atoms with van der Waals surface area (Å²) in [4.78, 5) is 15.9. The molecule has 0 aliphatic carbocycles. The second kappa shape index (κ2) is 6.54. The highest BCUT2D eigenvalue weighted by Crippen LogP contribution is 2.13. The molecule has 0 saturated carbocycles. The Hall–Kier alpha value is -2.02. The van der Waals surface area contributed by atoms with Gasteiger partial charge in [0, 0.05) is 20.0 Å². The van der Waals surface area contributed by atoms with Gasteiger partial charge in [-0.1, -0.05) is 12.8 Å². The average Bonchev–Trinajstić information content (AvgIpc) is 2.36. The standard InChI is InChI=1S/C13H17N3O/c1-4-6-7-10-8-9-11(13(17)14-3)12(16-10)15-5-2/h8-9H,4-5H2,1-3H3,(H,14,17)(H,15,16). The number of carbonyl (C=O) groups is 1. The maximum atomic E-state index is 11.6. The first-order valence-electron chi connectivity index (χ1n) is 5.68. The molecule has 0 aliphatic rings. The third kappa shape index (κ3) is 3.49. The lowest BCUT2D eigenvalue weighted by Gasteiger charge is -2.08. The third-order valence-corrected chi connectivity index (χ3v) is 2.10. The molecule has 4 heteroatoms. The molecule has 4 nitrogen and oxygen atoms in total. The van der Waals surface area contributed by atoms with Gasteiger partial charge in [0.05, 0.1) is 5.56 Å². The molecule has 17 heavy (non-hydrogen) atoms. The first-order chi connectivity index (χ1) is 8.22. The lowest BCUT2D eigenvalue weighted by atomic mass is 10.2. The topological polar surface area (TPSA) is 54.0 Å². The van der Waals surface area contributed by atoms with Crippen molar-refractivity contribution in [2.24, 2.45) is 0 Å². The van der Waals surface area contributed by atoms with Gasteiger partial charge in [0.1, 0.15) is 11.5 Å². The maximum absolute atomic E-state index is 11.6. The molecule has 0 aromatic carbocycles. The van der Waals surface area contributed by atoms with E-state index in [4.69, 9.17) is 0 Å². The Balaban J connectivity index is 3.12. The molecule has 0 unspecified atom stereocenters. The predicted molar refractivity (Wildman–Crippen MR) is 69.0 cm³/mol. The van der Waals surface area contributed by atoms with Crippen LogP contribution in [0.2, 0.25) is 0 Å². The molecule has 2 N–H and O–H groups in total. The maximum Gasteiger partial charge on any atom is 0.254 e. The number of amides is 1. The SMILES string of the molecule is CCC#Cc1ccc(C(=O)NC)c(NCC)n1. The summed E-state index contributed by atoms with van der Waals surface area (Å²) in [6, 6.07) is 3.50. The van der Waals surface area contributed by atoms with Gasteiger partial charge in [-0.05, 0) is 25.0 Å². The fourth-order valence-electron chi connectivity index (χ4n) is 1.33. The summed E-state index contributed by atoms with van der Waals surface area (Å²) in [7, 11) is 1.60. The van der Waals surface area contributed by atoms with Crippen LogP contribution in [0, 0.1) is 11.8 Å². The number of anilines is 1.